The third-order valence-electron chi connectivity index (χ3n) is 3.36. The summed E-state index contributed by atoms with van der Waals surface area (Å²) in [6.07, 6.45) is 2.45. The van der Waals surface area contributed by atoms with Gasteiger partial charge in [0, 0.05) is 33.1 Å². The number of carboxylic acids is 1. The Morgan fingerprint density at radius 1 is 1.30 bits per heavy atom. The van der Waals surface area contributed by atoms with Crippen molar-refractivity contribution in [1.82, 2.24) is 15.1 Å². The zero-order chi connectivity index (χ0) is 15.1. The van der Waals surface area contributed by atoms with Gasteiger partial charge in [-0.3, -0.25) is 9.59 Å². The lowest BCUT2D eigenvalue weighted by molar-refractivity contribution is -0.137. The molecular weight excluding hydrogens is 262 g/mol. The molecule has 0 spiro atoms. The van der Waals surface area contributed by atoms with Crippen LogP contribution >= 0.6 is 0 Å². The zero-order valence-corrected chi connectivity index (χ0v) is 12.1. The summed E-state index contributed by atoms with van der Waals surface area (Å²) in [6.45, 7) is 3.54. The molecule has 114 valence electrons. The summed E-state index contributed by atoms with van der Waals surface area (Å²) in [5.41, 5.74) is 0. The summed E-state index contributed by atoms with van der Waals surface area (Å²) in [5, 5.41) is 11.2. The first kappa shape index (κ1) is 16.3. The number of rotatable bonds is 6. The van der Waals surface area contributed by atoms with E-state index in [9.17, 15) is 14.4 Å². The predicted octanol–water partition coefficient (Wildman–Crippen LogP) is 0.504. The van der Waals surface area contributed by atoms with Crippen LogP contribution in [0.25, 0.3) is 0 Å². The number of aliphatic carboxylic acids is 1. The Balaban J connectivity index is 2.32. The maximum absolute atomic E-state index is 12.0. The second-order valence-electron chi connectivity index (χ2n) is 5.12. The van der Waals surface area contributed by atoms with E-state index in [-0.39, 0.29) is 18.4 Å². The molecule has 1 aliphatic rings. The summed E-state index contributed by atoms with van der Waals surface area (Å²) in [6, 6.07) is -0.905. The minimum absolute atomic E-state index is 0.0277. The second-order valence-corrected chi connectivity index (χ2v) is 5.12. The molecule has 1 aliphatic heterocycles. The van der Waals surface area contributed by atoms with Crippen LogP contribution in [0.2, 0.25) is 0 Å². The van der Waals surface area contributed by atoms with E-state index in [0.29, 0.717) is 13.0 Å². The lowest BCUT2D eigenvalue weighted by Crippen LogP contribution is -2.49. The van der Waals surface area contributed by atoms with Gasteiger partial charge in [-0.1, -0.05) is 0 Å². The molecule has 1 fully saturated rings. The maximum Gasteiger partial charge on any atom is 0.317 e. The number of likely N-dealkylation sites (tertiary alicyclic amines) is 1. The standard InChI is InChI=1S/C13H23N3O4/c1-10(12(19)16-8-3-4-9-16)14-13(20)15(2)7-5-6-11(17)18/h10H,3-9H2,1-2H3,(H,14,20)(H,17,18). The number of carbonyl (C=O) groups excluding carboxylic acids is 2. The molecule has 1 heterocycles. The fraction of sp³-hybridized carbons (Fsp3) is 0.769. The topological polar surface area (TPSA) is 90.0 Å². The number of carboxylic acid groups (broad SMARTS) is 1. The molecule has 1 unspecified atom stereocenters. The smallest absolute Gasteiger partial charge is 0.317 e. The lowest BCUT2D eigenvalue weighted by atomic mass is 10.3. The van der Waals surface area contributed by atoms with Crippen LogP contribution in [0.15, 0.2) is 0 Å². The number of amides is 3. The molecule has 0 aliphatic carbocycles. The first-order valence-corrected chi connectivity index (χ1v) is 6.94. The van der Waals surface area contributed by atoms with Crippen molar-refractivity contribution < 1.29 is 19.5 Å². The highest BCUT2D eigenvalue weighted by Gasteiger charge is 2.25. The van der Waals surface area contributed by atoms with Crippen LogP contribution in [0.1, 0.15) is 32.6 Å². The molecular formula is C13H23N3O4. The largest absolute Gasteiger partial charge is 0.481 e. The number of hydrogen-bond acceptors (Lipinski definition) is 3. The fourth-order valence-corrected chi connectivity index (χ4v) is 2.14. The Kier molecular flexibility index (Phi) is 6.27. The number of hydrogen-bond donors (Lipinski definition) is 2. The number of nitrogens with zero attached hydrogens (tertiary/aromatic N) is 2. The highest BCUT2D eigenvalue weighted by molar-refractivity contribution is 5.86. The highest BCUT2D eigenvalue weighted by Crippen LogP contribution is 2.09. The normalized spacial score (nSPS) is 15.8. The van der Waals surface area contributed by atoms with E-state index in [4.69, 9.17) is 5.11 Å². The third kappa shape index (κ3) is 5.07. The third-order valence-corrected chi connectivity index (χ3v) is 3.36. The molecule has 0 aromatic rings. The van der Waals surface area contributed by atoms with E-state index >= 15 is 0 Å². The minimum atomic E-state index is -0.878. The molecule has 20 heavy (non-hydrogen) atoms. The SMILES string of the molecule is CC(NC(=O)N(C)CCCC(=O)O)C(=O)N1CCCC1. The predicted molar refractivity (Wildman–Crippen MR) is 73.3 cm³/mol. The van der Waals surface area contributed by atoms with Gasteiger partial charge in [-0.15, -0.1) is 0 Å². The Morgan fingerprint density at radius 3 is 2.45 bits per heavy atom. The Labute approximate surface area is 118 Å². The van der Waals surface area contributed by atoms with E-state index in [1.807, 2.05) is 0 Å². The van der Waals surface area contributed by atoms with Crippen molar-refractivity contribution in [1.29, 1.82) is 0 Å². The average molecular weight is 285 g/mol. The monoisotopic (exact) mass is 285 g/mol. The van der Waals surface area contributed by atoms with E-state index in [1.165, 1.54) is 4.90 Å². The Hall–Kier alpha value is -1.79. The van der Waals surface area contributed by atoms with Crippen LogP contribution in [0.4, 0.5) is 4.79 Å². The van der Waals surface area contributed by atoms with Crippen LogP contribution < -0.4 is 5.32 Å². The van der Waals surface area contributed by atoms with Gasteiger partial charge in [-0.2, -0.15) is 0 Å². The van der Waals surface area contributed by atoms with Crippen LogP contribution in [0, 0.1) is 0 Å². The highest BCUT2D eigenvalue weighted by atomic mass is 16.4. The second kappa shape index (κ2) is 7.72. The van der Waals surface area contributed by atoms with Crippen molar-refractivity contribution in [3.05, 3.63) is 0 Å². The van der Waals surface area contributed by atoms with E-state index in [1.54, 1.807) is 18.9 Å². The van der Waals surface area contributed by atoms with Crippen molar-refractivity contribution >= 4 is 17.9 Å². The molecule has 0 bridgehead atoms. The van der Waals surface area contributed by atoms with Crippen LogP contribution in [0.3, 0.4) is 0 Å². The number of urea groups is 1. The van der Waals surface area contributed by atoms with Crippen molar-refractivity contribution in [2.45, 2.75) is 38.6 Å². The molecule has 0 aromatic heterocycles. The summed E-state index contributed by atoms with van der Waals surface area (Å²) >= 11 is 0. The number of carbonyl (C=O) groups is 3. The molecule has 0 saturated carbocycles. The van der Waals surface area contributed by atoms with Crippen LogP contribution in [-0.4, -0.2) is 65.5 Å². The van der Waals surface area contributed by atoms with Crippen LogP contribution in [-0.2, 0) is 9.59 Å². The zero-order valence-electron chi connectivity index (χ0n) is 12.1. The van der Waals surface area contributed by atoms with Gasteiger partial charge in [0.15, 0.2) is 0 Å². The van der Waals surface area contributed by atoms with Gasteiger partial charge in [-0.25, -0.2) is 4.79 Å². The van der Waals surface area contributed by atoms with E-state index in [2.05, 4.69) is 5.32 Å². The molecule has 0 aromatic carbocycles. The summed E-state index contributed by atoms with van der Waals surface area (Å²) in [7, 11) is 1.59. The van der Waals surface area contributed by atoms with Crippen LogP contribution in [0.5, 0.6) is 0 Å². The summed E-state index contributed by atoms with van der Waals surface area (Å²) in [4.78, 5) is 37.4. The van der Waals surface area contributed by atoms with Crippen molar-refractivity contribution in [2.24, 2.45) is 0 Å². The molecule has 7 nitrogen and oxygen atoms in total. The molecule has 1 atom stereocenters. The maximum atomic E-state index is 12.0. The fourth-order valence-electron chi connectivity index (χ4n) is 2.14. The first-order chi connectivity index (χ1) is 9.41. The minimum Gasteiger partial charge on any atom is -0.481 e. The van der Waals surface area contributed by atoms with Crippen molar-refractivity contribution in [3.8, 4) is 0 Å². The molecule has 1 saturated heterocycles. The van der Waals surface area contributed by atoms with E-state index < -0.39 is 12.0 Å². The lowest BCUT2D eigenvalue weighted by Gasteiger charge is -2.24. The first-order valence-electron chi connectivity index (χ1n) is 6.94. The van der Waals surface area contributed by atoms with Crippen molar-refractivity contribution in [3.63, 3.8) is 0 Å². The average Bonchev–Trinajstić information content (AvgIpc) is 2.90. The molecule has 1 rings (SSSR count). The Morgan fingerprint density at radius 2 is 1.90 bits per heavy atom. The summed E-state index contributed by atoms with van der Waals surface area (Å²) in [5.74, 6) is -0.939. The van der Waals surface area contributed by atoms with Crippen molar-refractivity contribution in [2.75, 3.05) is 26.7 Å². The number of nitrogens with one attached hydrogen (secondary N) is 1. The van der Waals surface area contributed by atoms with Gasteiger partial charge in [-0.05, 0) is 26.2 Å². The van der Waals surface area contributed by atoms with Gasteiger partial charge >= 0.3 is 12.0 Å². The Bertz CT molecular complexity index is 367. The molecule has 2 N–H and O–H groups in total. The van der Waals surface area contributed by atoms with Gasteiger partial charge in [0.05, 0.1) is 0 Å². The van der Waals surface area contributed by atoms with Gasteiger partial charge < -0.3 is 20.2 Å². The quantitative estimate of drug-likeness (QED) is 0.743. The molecule has 7 heteroatoms. The van der Waals surface area contributed by atoms with E-state index in [0.717, 1.165) is 25.9 Å². The van der Waals surface area contributed by atoms with Gasteiger partial charge in [0.2, 0.25) is 5.91 Å². The van der Waals surface area contributed by atoms with Gasteiger partial charge in [0.1, 0.15) is 6.04 Å². The molecule has 0 radical (unpaired) electrons. The summed E-state index contributed by atoms with van der Waals surface area (Å²) < 4.78 is 0. The molecule has 3 amide bonds. The van der Waals surface area contributed by atoms with Gasteiger partial charge in [0.25, 0.3) is 0 Å².